The molecule has 3 N–H and O–H groups in total. The van der Waals surface area contributed by atoms with Crippen molar-refractivity contribution in [3.63, 3.8) is 0 Å². The molecule has 0 bridgehead atoms. The fourth-order valence-electron chi connectivity index (χ4n) is 2.85. The first kappa shape index (κ1) is 14.8. The SMILES string of the molecule is COc1cnccc1C(=O)NCC1(CN)CCCCC1. The second-order valence-corrected chi connectivity index (χ2v) is 5.52. The zero-order valence-corrected chi connectivity index (χ0v) is 12.0. The Morgan fingerprint density at radius 2 is 2.20 bits per heavy atom. The van der Waals surface area contributed by atoms with E-state index in [-0.39, 0.29) is 11.3 Å². The number of amides is 1. The van der Waals surface area contributed by atoms with Crippen molar-refractivity contribution >= 4 is 5.91 Å². The van der Waals surface area contributed by atoms with Gasteiger partial charge in [-0.25, -0.2) is 0 Å². The average molecular weight is 277 g/mol. The van der Waals surface area contributed by atoms with Crippen LogP contribution < -0.4 is 15.8 Å². The number of hydrogen-bond donors (Lipinski definition) is 2. The second-order valence-electron chi connectivity index (χ2n) is 5.52. The van der Waals surface area contributed by atoms with Gasteiger partial charge in [-0.3, -0.25) is 9.78 Å². The van der Waals surface area contributed by atoms with E-state index in [0.717, 1.165) is 12.8 Å². The Hall–Kier alpha value is -1.62. The quantitative estimate of drug-likeness (QED) is 0.859. The van der Waals surface area contributed by atoms with Crippen molar-refractivity contribution in [3.8, 4) is 5.75 Å². The normalized spacial score (nSPS) is 17.5. The van der Waals surface area contributed by atoms with Crippen molar-refractivity contribution in [2.24, 2.45) is 11.1 Å². The van der Waals surface area contributed by atoms with Crippen LogP contribution in [0.5, 0.6) is 5.75 Å². The Labute approximate surface area is 119 Å². The molecule has 0 unspecified atom stereocenters. The summed E-state index contributed by atoms with van der Waals surface area (Å²) in [7, 11) is 1.54. The lowest BCUT2D eigenvalue weighted by molar-refractivity contribution is 0.0911. The molecule has 0 saturated heterocycles. The first-order valence-electron chi connectivity index (χ1n) is 7.17. The summed E-state index contributed by atoms with van der Waals surface area (Å²) >= 11 is 0. The van der Waals surface area contributed by atoms with Crippen molar-refractivity contribution < 1.29 is 9.53 Å². The van der Waals surface area contributed by atoms with Gasteiger partial charge in [0.05, 0.1) is 18.9 Å². The van der Waals surface area contributed by atoms with Gasteiger partial charge in [0, 0.05) is 12.7 Å². The fraction of sp³-hybridized carbons (Fsp3) is 0.600. The first-order chi connectivity index (χ1) is 9.71. The molecule has 5 nitrogen and oxygen atoms in total. The molecule has 0 spiro atoms. The Morgan fingerprint density at radius 3 is 2.85 bits per heavy atom. The van der Waals surface area contributed by atoms with Gasteiger partial charge in [-0.05, 0) is 30.9 Å². The van der Waals surface area contributed by atoms with Crippen molar-refractivity contribution in [1.29, 1.82) is 0 Å². The number of carbonyl (C=O) groups excluding carboxylic acids is 1. The fourth-order valence-corrected chi connectivity index (χ4v) is 2.85. The number of hydrogen-bond acceptors (Lipinski definition) is 4. The topological polar surface area (TPSA) is 77.2 Å². The zero-order valence-electron chi connectivity index (χ0n) is 12.0. The van der Waals surface area contributed by atoms with Crippen molar-refractivity contribution in [3.05, 3.63) is 24.0 Å². The Kier molecular flexibility index (Phi) is 4.95. The maximum absolute atomic E-state index is 12.3. The lowest BCUT2D eigenvalue weighted by atomic mass is 9.74. The lowest BCUT2D eigenvalue weighted by Crippen LogP contribution is -2.43. The van der Waals surface area contributed by atoms with E-state index in [1.165, 1.54) is 26.4 Å². The van der Waals surface area contributed by atoms with Gasteiger partial charge in [-0.15, -0.1) is 0 Å². The van der Waals surface area contributed by atoms with Gasteiger partial charge < -0.3 is 15.8 Å². The van der Waals surface area contributed by atoms with Crippen molar-refractivity contribution in [2.45, 2.75) is 32.1 Å². The van der Waals surface area contributed by atoms with E-state index in [0.29, 0.717) is 24.4 Å². The van der Waals surface area contributed by atoms with E-state index in [9.17, 15) is 4.79 Å². The monoisotopic (exact) mass is 277 g/mol. The second kappa shape index (κ2) is 6.70. The molecule has 110 valence electrons. The number of aromatic nitrogens is 1. The molecule has 1 fully saturated rings. The Balaban J connectivity index is 2.00. The van der Waals surface area contributed by atoms with Gasteiger partial charge in [0.25, 0.3) is 5.91 Å². The minimum atomic E-state index is -0.123. The van der Waals surface area contributed by atoms with Crippen LogP contribution in [0.4, 0.5) is 0 Å². The standard InChI is InChI=1S/C15H23N3O2/c1-20-13-9-17-8-5-12(13)14(19)18-11-15(10-16)6-3-2-4-7-15/h5,8-9H,2-4,6-7,10-11,16H2,1H3,(H,18,19). The highest BCUT2D eigenvalue weighted by molar-refractivity contribution is 5.96. The number of rotatable bonds is 5. The summed E-state index contributed by atoms with van der Waals surface area (Å²) in [5.74, 6) is 0.373. The molecule has 1 aromatic rings. The maximum Gasteiger partial charge on any atom is 0.255 e. The van der Waals surface area contributed by atoms with Crippen LogP contribution in [0.15, 0.2) is 18.5 Å². The summed E-state index contributed by atoms with van der Waals surface area (Å²) in [6, 6.07) is 1.67. The van der Waals surface area contributed by atoms with Crippen LogP contribution in [0.1, 0.15) is 42.5 Å². The highest BCUT2D eigenvalue weighted by Crippen LogP contribution is 2.34. The molecular formula is C15H23N3O2. The molecular weight excluding hydrogens is 254 g/mol. The zero-order chi connectivity index (χ0) is 14.4. The van der Waals surface area contributed by atoms with Crippen molar-refractivity contribution in [1.82, 2.24) is 10.3 Å². The summed E-state index contributed by atoms with van der Waals surface area (Å²) in [5.41, 5.74) is 6.52. The molecule has 0 aromatic carbocycles. The molecule has 2 rings (SSSR count). The van der Waals surface area contributed by atoms with Gasteiger partial charge in [0.1, 0.15) is 5.75 Å². The van der Waals surface area contributed by atoms with Crippen molar-refractivity contribution in [2.75, 3.05) is 20.2 Å². The number of nitrogens with one attached hydrogen (secondary N) is 1. The number of carbonyl (C=O) groups is 1. The number of ether oxygens (including phenoxy) is 1. The Bertz CT molecular complexity index is 456. The van der Waals surface area contributed by atoms with Gasteiger partial charge >= 0.3 is 0 Å². The number of nitrogens with two attached hydrogens (primary N) is 1. The minimum Gasteiger partial charge on any atom is -0.494 e. The predicted molar refractivity (Wildman–Crippen MR) is 77.7 cm³/mol. The van der Waals surface area contributed by atoms with Crippen LogP contribution in [-0.2, 0) is 0 Å². The van der Waals surface area contributed by atoms with E-state index >= 15 is 0 Å². The number of nitrogens with zero attached hydrogens (tertiary/aromatic N) is 1. The maximum atomic E-state index is 12.3. The van der Waals surface area contributed by atoms with E-state index in [2.05, 4.69) is 10.3 Å². The minimum absolute atomic E-state index is 0.0637. The number of pyridine rings is 1. The van der Waals surface area contributed by atoms with Crippen LogP contribution in [0, 0.1) is 5.41 Å². The summed E-state index contributed by atoms with van der Waals surface area (Å²) in [4.78, 5) is 16.2. The lowest BCUT2D eigenvalue weighted by Gasteiger charge is -2.36. The molecule has 1 heterocycles. The van der Waals surface area contributed by atoms with Gasteiger partial charge in [-0.2, -0.15) is 0 Å². The molecule has 0 atom stereocenters. The summed E-state index contributed by atoms with van der Waals surface area (Å²) < 4.78 is 5.16. The molecule has 1 amide bonds. The third-order valence-electron chi connectivity index (χ3n) is 4.22. The van der Waals surface area contributed by atoms with Crippen LogP contribution in [0.25, 0.3) is 0 Å². The molecule has 0 radical (unpaired) electrons. The third kappa shape index (κ3) is 3.28. The van der Waals surface area contributed by atoms with Crippen LogP contribution in [0.3, 0.4) is 0 Å². The first-order valence-corrected chi connectivity index (χ1v) is 7.17. The van der Waals surface area contributed by atoms with Crippen LogP contribution >= 0.6 is 0 Å². The van der Waals surface area contributed by atoms with Crippen LogP contribution in [0.2, 0.25) is 0 Å². The molecule has 5 heteroatoms. The summed E-state index contributed by atoms with van der Waals surface area (Å²) in [6.45, 7) is 1.26. The average Bonchev–Trinajstić information content (AvgIpc) is 2.53. The highest BCUT2D eigenvalue weighted by Gasteiger charge is 2.31. The van der Waals surface area contributed by atoms with Gasteiger partial charge in [0.2, 0.25) is 0 Å². The molecule has 1 aliphatic carbocycles. The van der Waals surface area contributed by atoms with E-state index in [1.807, 2.05) is 0 Å². The van der Waals surface area contributed by atoms with E-state index in [4.69, 9.17) is 10.5 Å². The molecule has 0 aliphatic heterocycles. The molecule has 20 heavy (non-hydrogen) atoms. The van der Waals surface area contributed by atoms with E-state index in [1.54, 1.807) is 18.5 Å². The third-order valence-corrected chi connectivity index (χ3v) is 4.22. The largest absolute Gasteiger partial charge is 0.494 e. The Morgan fingerprint density at radius 1 is 1.45 bits per heavy atom. The molecule has 1 aromatic heterocycles. The van der Waals surface area contributed by atoms with Gasteiger partial charge in [-0.1, -0.05) is 19.3 Å². The molecule has 1 aliphatic rings. The highest BCUT2D eigenvalue weighted by atomic mass is 16.5. The summed E-state index contributed by atoms with van der Waals surface area (Å²) in [6.07, 6.45) is 9.00. The number of methoxy groups -OCH3 is 1. The van der Waals surface area contributed by atoms with Crippen LogP contribution in [-0.4, -0.2) is 31.1 Å². The summed E-state index contributed by atoms with van der Waals surface area (Å²) in [5, 5.41) is 3.01. The predicted octanol–water partition coefficient (Wildman–Crippen LogP) is 1.73. The van der Waals surface area contributed by atoms with E-state index < -0.39 is 0 Å². The van der Waals surface area contributed by atoms with Gasteiger partial charge in [0.15, 0.2) is 0 Å². The molecule has 1 saturated carbocycles. The smallest absolute Gasteiger partial charge is 0.255 e.